The van der Waals surface area contributed by atoms with Gasteiger partial charge in [-0.1, -0.05) is 12.8 Å². The van der Waals surface area contributed by atoms with Crippen molar-refractivity contribution < 1.29 is 0 Å². The van der Waals surface area contributed by atoms with Gasteiger partial charge in [-0.2, -0.15) is 0 Å². The molecule has 20 heavy (non-hydrogen) atoms. The summed E-state index contributed by atoms with van der Waals surface area (Å²) in [5.41, 5.74) is 2.69. The van der Waals surface area contributed by atoms with Crippen molar-refractivity contribution in [1.82, 2.24) is 15.3 Å². The molecular formula is C16H26N4. The van der Waals surface area contributed by atoms with Crippen molar-refractivity contribution in [2.45, 2.75) is 57.4 Å². The third-order valence-electron chi connectivity index (χ3n) is 4.62. The van der Waals surface area contributed by atoms with Crippen LogP contribution in [0.4, 0.5) is 5.82 Å². The van der Waals surface area contributed by atoms with Crippen LogP contribution in [0.5, 0.6) is 0 Å². The number of nitrogens with one attached hydrogen (secondary N) is 1. The fourth-order valence-corrected chi connectivity index (χ4v) is 3.51. The van der Waals surface area contributed by atoms with E-state index in [2.05, 4.69) is 27.2 Å². The zero-order valence-electron chi connectivity index (χ0n) is 12.6. The van der Waals surface area contributed by atoms with Gasteiger partial charge in [0.2, 0.25) is 0 Å². The van der Waals surface area contributed by atoms with Gasteiger partial charge in [-0.15, -0.1) is 0 Å². The van der Waals surface area contributed by atoms with Gasteiger partial charge in [0.15, 0.2) is 0 Å². The maximum Gasteiger partial charge on any atom is 0.135 e. The van der Waals surface area contributed by atoms with E-state index in [0.29, 0.717) is 6.04 Å². The Morgan fingerprint density at radius 2 is 2.05 bits per heavy atom. The van der Waals surface area contributed by atoms with Crippen molar-refractivity contribution in [3.05, 3.63) is 17.6 Å². The Bertz CT molecular complexity index is 440. The molecule has 0 radical (unpaired) electrons. The molecule has 1 aliphatic heterocycles. The first-order valence-corrected chi connectivity index (χ1v) is 8.12. The molecule has 1 saturated heterocycles. The third-order valence-corrected chi connectivity index (χ3v) is 4.62. The van der Waals surface area contributed by atoms with E-state index in [1.807, 2.05) is 0 Å². The molecule has 0 aromatic carbocycles. The molecule has 0 amide bonds. The highest BCUT2D eigenvalue weighted by atomic mass is 15.2. The van der Waals surface area contributed by atoms with Crippen molar-refractivity contribution >= 4 is 5.82 Å². The molecule has 4 heteroatoms. The Labute approximate surface area is 122 Å². The molecule has 1 fully saturated rings. The first-order chi connectivity index (χ1) is 9.84. The predicted molar refractivity (Wildman–Crippen MR) is 82.2 cm³/mol. The van der Waals surface area contributed by atoms with Gasteiger partial charge in [0, 0.05) is 30.9 Å². The monoisotopic (exact) mass is 274 g/mol. The van der Waals surface area contributed by atoms with E-state index < -0.39 is 0 Å². The first-order valence-electron chi connectivity index (χ1n) is 8.12. The van der Waals surface area contributed by atoms with Crippen molar-refractivity contribution in [1.29, 1.82) is 0 Å². The van der Waals surface area contributed by atoms with Crippen LogP contribution < -0.4 is 10.2 Å². The van der Waals surface area contributed by atoms with Crippen molar-refractivity contribution in [3.8, 4) is 0 Å². The average molecular weight is 274 g/mol. The lowest BCUT2D eigenvalue weighted by Crippen LogP contribution is -2.43. The number of hydrogen-bond donors (Lipinski definition) is 1. The molecule has 0 spiro atoms. The van der Waals surface area contributed by atoms with Crippen LogP contribution in [0.15, 0.2) is 6.33 Å². The zero-order chi connectivity index (χ0) is 13.8. The normalized spacial score (nSPS) is 22.9. The Hall–Kier alpha value is -1.16. The Morgan fingerprint density at radius 1 is 1.15 bits per heavy atom. The number of hydrogen-bond acceptors (Lipinski definition) is 4. The maximum atomic E-state index is 4.59. The quantitative estimate of drug-likeness (QED) is 0.859. The highest BCUT2D eigenvalue weighted by molar-refractivity contribution is 5.48. The maximum absolute atomic E-state index is 4.59. The summed E-state index contributed by atoms with van der Waals surface area (Å²) in [6, 6.07) is 0.616. The summed E-state index contributed by atoms with van der Waals surface area (Å²) in [7, 11) is 2.18. The molecule has 1 aliphatic carbocycles. The van der Waals surface area contributed by atoms with Crippen molar-refractivity contribution in [2.75, 3.05) is 25.0 Å². The molecular weight excluding hydrogens is 248 g/mol. The van der Waals surface area contributed by atoms with Gasteiger partial charge in [-0.3, -0.25) is 0 Å². The molecule has 1 N–H and O–H groups in total. The SMILES string of the molecule is CN(CC1CCCCN1)c1ncnc2c1CCCCC2. The second-order valence-corrected chi connectivity index (χ2v) is 6.21. The van der Waals surface area contributed by atoms with Crippen LogP contribution in [-0.2, 0) is 12.8 Å². The summed E-state index contributed by atoms with van der Waals surface area (Å²) >= 11 is 0. The van der Waals surface area contributed by atoms with Crippen LogP contribution in [0.3, 0.4) is 0 Å². The van der Waals surface area contributed by atoms with Gasteiger partial charge in [0.05, 0.1) is 0 Å². The third kappa shape index (κ3) is 3.11. The minimum Gasteiger partial charge on any atom is -0.358 e. The van der Waals surface area contributed by atoms with Crippen LogP contribution in [0.2, 0.25) is 0 Å². The minimum atomic E-state index is 0.616. The predicted octanol–water partition coefficient (Wildman–Crippen LogP) is 2.32. The van der Waals surface area contributed by atoms with E-state index >= 15 is 0 Å². The van der Waals surface area contributed by atoms with E-state index in [9.17, 15) is 0 Å². The molecule has 3 rings (SSSR count). The zero-order valence-corrected chi connectivity index (χ0v) is 12.6. The number of aryl methyl sites for hydroxylation is 1. The largest absolute Gasteiger partial charge is 0.358 e. The molecule has 1 aromatic rings. The van der Waals surface area contributed by atoms with Gasteiger partial charge >= 0.3 is 0 Å². The van der Waals surface area contributed by atoms with E-state index in [4.69, 9.17) is 0 Å². The van der Waals surface area contributed by atoms with Gasteiger partial charge in [-0.05, 0) is 45.1 Å². The van der Waals surface area contributed by atoms with Gasteiger partial charge in [0.25, 0.3) is 0 Å². The molecule has 0 bridgehead atoms. The van der Waals surface area contributed by atoms with Crippen molar-refractivity contribution in [3.63, 3.8) is 0 Å². The number of aromatic nitrogens is 2. The summed E-state index contributed by atoms with van der Waals surface area (Å²) in [6.07, 6.45) is 11.9. The highest BCUT2D eigenvalue weighted by Gasteiger charge is 2.20. The smallest absolute Gasteiger partial charge is 0.135 e. The summed E-state index contributed by atoms with van der Waals surface area (Å²) in [6.45, 7) is 2.23. The summed E-state index contributed by atoms with van der Waals surface area (Å²) < 4.78 is 0. The van der Waals surface area contributed by atoms with Crippen molar-refractivity contribution in [2.24, 2.45) is 0 Å². The average Bonchev–Trinajstić information content (AvgIpc) is 2.73. The van der Waals surface area contributed by atoms with Crippen LogP contribution in [0, 0.1) is 0 Å². The number of anilines is 1. The highest BCUT2D eigenvalue weighted by Crippen LogP contribution is 2.26. The molecule has 0 saturated carbocycles. The van der Waals surface area contributed by atoms with Gasteiger partial charge in [0.1, 0.15) is 12.1 Å². The second-order valence-electron chi connectivity index (χ2n) is 6.21. The lowest BCUT2D eigenvalue weighted by molar-refractivity contribution is 0.402. The second kappa shape index (κ2) is 6.53. The fourth-order valence-electron chi connectivity index (χ4n) is 3.51. The number of rotatable bonds is 3. The molecule has 1 aromatic heterocycles. The Morgan fingerprint density at radius 3 is 2.90 bits per heavy atom. The molecule has 2 heterocycles. The Kier molecular flexibility index (Phi) is 4.51. The lowest BCUT2D eigenvalue weighted by atomic mass is 10.0. The van der Waals surface area contributed by atoms with Crippen LogP contribution in [-0.4, -0.2) is 36.1 Å². The number of nitrogens with zero attached hydrogens (tertiary/aromatic N) is 3. The van der Waals surface area contributed by atoms with Gasteiger partial charge in [-0.25, -0.2) is 9.97 Å². The molecule has 1 unspecified atom stereocenters. The van der Waals surface area contributed by atoms with Crippen LogP contribution in [0.25, 0.3) is 0 Å². The summed E-state index contributed by atoms with van der Waals surface area (Å²) in [5, 5.41) is 3.63. The lowest BCUT2D eigenvalue weighted by Gasteiger charge is -2.30. The summed E-state index contributed by atoms with van der Waals surface area (Å²) in [5.74, 6) is 1.17. The topological polar surface area (TPSA) is 41.0 Å². The van der Waals surface area contributed by atoms with E-state index in [-0.39, 0.29) is 0 Å². The molecule has 4 nitrogen and oxygen atoms in total. The fraction of sp³-hybridized carbons (Fsp3) is 0.750. The molecule has 2 aliphatic rings. The molecule has 1 atom stereocenters. The van der Waals surface area contributed by atoms with Crippen LogP contribution in [0.1, 0.15) is 49.8 Å². The Balaban J connectivity index is 1.75. The number of fused-ring (bicyclic) bond motifs is 1. The van der Waals surface area contributed by atoms with E-state index in [1.165, 1.54) is 62.1 Å². The standard InChI is InChI=1S/C16H26N4/c1-20(11-13-7-5-6-10-17-13)16-14-8-3-2-4-9-15(14)18-12-19-16/h12-13,17H,2-11H2,1H3. The minimum absolute atomic E-state index is 0.616. The summed E-state index contributed by atoms with van der Waals surface area (Å²) in [4.78, 5) is 11.4. The first kappa shape index (κ1) is 13.8. The van der Waals surface area contributed by atoms with E-state index in [1.54, 1.807) is 6.33 Å². The van der Waals surface area contributed by atoms with E-state index in [0.717, 1.165) is 19.4 Å². The number of piperidine rings is 1. The molecule has 110 valence electrons. The van der Waals surface area contributed by atoms with Crippen LogP contribution >= 0.6 is 0 Å². The van der Waals surface area contributed by atoms with Gasteiger partial charge < -0.3 is 10.2 Å². The number of likely N-dealkylation sites (N-methyl/N-ethyl adjacent to an activating group) is 1.